The minimum absolute atomic E-state index is 0.0295. The first-order valence-electron chi connectivity index (χ1n) is 10.7. The van der Waals surface area contributed by atoms with E-state index >= 15 is 0 Å². The summed E-state index contributed by atoms with van der Waals surface area (Å²) in [7, 11) is 0. The molecule has 1 saturated heterocycles. The molecule has 4 N–H and O–H groups in total. The summed E-state index contributed by atoms with van der Waals surface area (Å²) < 4.78 is 0. The number of nitrogen functional groups attached to an aromatic ring is 2. The number of nitrogens with two attached hydrogens (primary N) is 2. The van der Waals surface area contributed by atoms with E-state index in [1.54, 1.807) is 12.1 Å². The van der Waals surface area contributed by atoms with Crippen molar-refractivity contribution in [3.8, 4) is 0 Å². The Balaban J connectivity index is 1.63. The molecule has 7 heteroatoms. The lowest BCUT2D eigenvalue weighted by atomic mass is 9.99. The lowest BCUT2D eigenvalue weighted by molar-refractivity contribution is -0.131. The van der Waals surface area contributed by atoms with Crippen LogP contribution in [0.2, 0.25) is 10.0 Å². The fraction of sp³-hybridized carbons (Fsp3) is 0.192. The number of benzene rings is 3. The number of carbonyl (C=O) groups is 1. The number of halogens is 2. The second kappa shape index (κ2) is 9.77. The number of rotatable bonds is 5. The van der Waals surface area contributed by atoms with Gasteiger partial charge < -0.3 is 21.3 Å². The largest absolute Gasteiger partial charge is 0.399 e. The number of amides is 1. The van der Waals surface area contributed by atoms with E-state index < -0.39 is 0 Å². The van der Waals surface area contributed by atoms with E-state index in [-0.39, 0.29) is 18.4 Å². The standard InChI is InChI=1S/C26H26Cl2N4O/c1-2-17-13-20(27)6-10-24(17)32-12-11-31(16-25(32)18-3-7-21(29)8-4-18)26(33)14-19-5-9-22(30)15-23(19)28/h2-10,13,15,25H,1,11-12,14,16,29-30H2. The van der Waals surface area contributed by atoms with Crippen molar-refractivity contribution < 1.29 is 4.79 Å². The summed E-state index contributed by atoms with van der Waals surface area (Å²) in [5, 5.41) is 1.17. The van der Waals surface area contributed by atoms with Crippen molar-refractivity contribution in [1.82, 2.24) is 4.90 Å². The second-order valence-corrected chi connectivity index (χ2v) is 8.99. The molecular formula is C26H26Cl2N4O. The monoisotopic (exact) mass is 480 g/mol. The fourth-order valence-electron chi connectivity index (χ4n) is 4.23. The van der Waals surface area contributed by atoms with Crippen molar-refractivity contribution in [2.24, 2.45) is 0 Å². The maximum Gasteiger partial charge on any atom is 0.227 e. The van der Waals surface area contributed by atoms with Crippen LogP contribution in [0.15, 0.2) is 67.2 Å². The van der Waals surface area contributed by atoms with Gasteiger partial charge in [-0.05, 0) is 59.2 Å². The van der Waals surface area contributed by atoms with Gasteiger partial charge in [0.15, 0.2) is 0 Å². The van der Waals surface area contributed by atoms with E-state index in [1.165, 1.54) is 0 Å². The highest BCUT2D eigenvalue weighted by Gasteiger charge is 2.32. The average molecular weight is 481 g/mol. The highest BCUT2D eigenvalue weighted by molar-refractivity contribution is 6.31. The molecule has 0 spiro atoms. The van der Waals surface area contributed by atoms with Gasteiger partial charge in [0.1, 0.15) is 0 Å². The summed E-state index contributed by atoms with van der Waals surface area (Å²) in [4.78, 5) is 17.4. The molecule has 1 fully saturated rings. The smallest absolute Gasteiger partial charge is 0.227 e. The van der Waals surface area contributed by atoms with E-state index in [0.717, 1.165) is 22.4 Å². The first kappa shape index (κ1) is 23.0. The zero-order valence-corrected chi connectivity index (χ0v) is 19.7. The lowest BCUT2D eigenvalue weighted by Gasteiger charge is -2.43. The van der Waals surface area contributed by atoms with Crippen LogP contribution < -0.4 is 16.4 Å². The molecule has 1 aliphatic rings. The van der Waals surface area contributed by atoms with Crippen LogP contribution in [0.25, 0.3) is 6.08 Å². The van der Waals surface area contributed by atoms with Crippen molar-refractivity contribution in [3.05, 3.63) is 94.0 Å². The third kappa shape index (κ3) is 5.10. The normalized spacial score (nSPS) is 16.0. The quantitative estimate of drug-likeness (QED) is 0.477. The van der Waals surface area contributed by atoms with Crippen molar-refractivity contribution in [2.75, 3.05) is 36.0 Å². The maximum absolute atomic E-state index is 13.2. The summed E-state index contributed by atoms with van der Waals surface area (Å²) >= 11 is 12.5. The second-order valence-electron chi connectivity index (χ2n) is 8.15. The van der Waals surface area contributed by atoms with Crippen LogP contribution in [0.5, 0.6) is 0 Å². The molecule has 1 atom stereocenters. The van der Waals surface area contributed by atoms with E-state index in [0.29, 0.717) is 41.1 Å². The minimum atomic E-state index is -0.0509. The Morgan fingerprint density at radius 2 is 1.73 bits per heavy atom. The SMILES string of the molecule is C=Cc1cc(Cl)ccc1N1CCN(C(=O)Cc2ccc(N)cc2Cl)CC1c1ccc(N)cc1. The van der Waals surface area contributed by atoms with Gasteiger partial charge in [-0.1, -0.05) is 54.1 Å². The van der Waals surface area contributed by atoms with E-state index in [9.17, 15) is 4.79 Å². The molecule has 1 heterocycles. The van der Waals surface area contributed by atoms with Gasteiger partial charge in [0, 0.05) is 46.7 Å². The van der Waals surface area contributed by atoms with Crippen LogP contribution >= 0.6 is 23.2 Å². The summed E-state index contributed by atoms with van der Waals surface area (Å²) in [6, 6.07) is 18.8. The van der Waals surface area contributed by atoms with Gasteiger partial charge >= 0.3 is 0 Å². The van der Waals surface area contributed by atoms with E-state index in [4.69, 9.17) is 34.7 Å². The van der Waals surface area contributed by atoms with Crippen molar-refractivity contribution >= 4 is 52.2 Å². The Labute approximate surface area is 204 Å². The average Bonchev–Trinajstić information content (AvgIpc) is 2.81. The molecule has 170 valence electrons. The lowest BCUT2D eigenvalue weighted by Crippen LogP contribution is -2.51. The number of hydrogen-bond acceptors (Lipinski definition) is 4. The van der Waals surface area contributed by atoms with Crippen molar-refractivity contribution in [1.29, 1.82) is 0 Å². The number of piperazine rings is 1. The third-order valence-corrected chi connectivity index (χ3v) is 6.58. The Hall–Kier alpha value is -3.15. The van der Waals surface area contributed by atoms with Crippen LogP contribution in [0.4, 0.5) is 17.1 Å². The number of nitrogens with zero attached hydrogens (tertiary/aromatic N) is 2. The minimum Gasteiger partial charge on any atom is -0.399 e. The molecule has 0 radical (unpaired) electrons. The Morgan fingerprint density at radius 1 is 1.00 bits per heavy atom. The molecular weight excluding hydrogens is 455 g/mol. The molecule has 5 nitrogen and oxygen atoms in total. The molecule has 0 aliphatic carbocycles. The summed E-state index contributed by atoms with van der Waals surface area (Å²) in [6.45, 7) is 5.75. The predicted octanol–water partition coefficient (Wildman–Crippen LogP) is 5.43. The van der Waals surface area contributed by atoms with Gasteiger partial charge in [0.2, 0.25) is 5.91 Å². The van der Waals surface area contributed by atoms with Gasteiger partial charge in [-0.3, -0.25) is 4.79 Å². The predicted molar refractivity (Wildman–Crippen MR) is 139 cm³/mol. The fourth-order valence-corrected chi connectivity index (χ4v) is 4.67. The molecule has 1 aliphatic heterocycles. The first-order valence-corrected chi connectivity index (χ1v) is 11.5. The third-order valence-electron chi connectivity index (χ3n) is 5.99. The topological polar surface area (TPSA) is 75.6 Å². The van der Waals surface area contributed by atoms with E-state index in [2.05, 4.69) is 11.5 Å². The zero-order valence-electron chi connectivity index (χ0n) is 18.2. The Morgan fingerprint density at radius 3 is 2.42 bits per heavy atom. The Kier molecular flexibility index (Phi) is 6.82. The molecule has 1 amide bonds. The molecule has 33 heavy (non-hydrogen) atoms. The van der Waals surface area contributed by atoms with Crippen molar-refractivity contribution in [2.45, 2.75) is 12.5 Å². The summed E-state index contributed by atoms with van der Waals surface area (Å²) in [6.07, 6.45) is 2.04. The van der Waals surface area contributed by atoms with Crippen LogP contribution in [-0.4, -0.2) is 30.4 Å². The molecule has 3 aromatic carbocycles. The van der Waals surface area contributed by atoms with Gasteiger partial charge in [0.05, 0.1) is 12.5 Å². The van der Waals surface area contributed by atoms with Gasteiger partial charge in [-0.15, -0.1) is 0 Å². The number of anilines is 3. The molecule has 3 aromatic rings. The van der Waals surface area contributed by atoms with Gasteiger partial charge in [-0.2, -0.15) is 0 Å². The zero-order chi connectivity index (χ0) is 23.5. The molecule has 0 bridgehead atoms. The van der Waals surface area contributed by atoms with E-state index in [1.807, 2.05) is 59.5 Å². The molecule has 1 unspecified atom stereocenters. The molecule has 4 rings (SSSR count). The van der Waals surface area contributed by atoms with Crippen molar-refractivity contribution in [3.63, 3.8) is 0 Å². The van der Waals surface area contributed by atoms with Gasteiger partial charge in [0.25, 0.3) is 0 Å². The maximum atomic E-state index is 13.2. The number of hydrogen-bond donors (Lipinski definition) is 2. The highest BCUT2D eigenvalue weighted by Crippen LogP contribution is 2.35. The number of carbonyl (C=O) groups excluding carboxylic acids is 1. The van der Waals surface area contributed by atoms with Crippen LogP contribution in [-0.2, 0) is 11.2 Å². The molecule has 0 aromatic heterocycles. The Bertz CT molecular complexity index is 1180. The van der Waals surface area contributed by atoms with Crippen LogP contribution in [0.3, 0.4) is 0 Å². The van der Waals surface area contributed by atoms with Crippen LogP contribution in [0.1, 0.15) is 22.7 Å². The summed E-state index contributed by atoms with van der Waals surface area (Å²) in [5.74, 6) is 0.0295. The highest BCUT2D eigenvalue weighted by atomic mass is 35.5. The summed E-state index contributed by atoms with van der Waals surface area (Å²) in [5.41, 5.74) is 16.8. The first-order chi connectivity index (χ1) is 15.9. The van der Waals surface area contributed by atoms with Gasteiger partial charge in [-0.25, -0.2) is 0 Å². The van der Waals surface area contributed by atoms with Crippen LogP contribution in [0, 0.1) is 0 Å². The molecule has 0 saturated carbocycles.